The van der Waals surface area contributed by atoms with Crippen molar-refractivity contribution >= 4 is 30.0 Å². The van der Waals surface area contributed by atoms with E-state index in [4.69, 9.17) is 14.6 Å². The summed E-state index contributed by atoms with van der Waals surface area (Å²) in [6, 6.07) is 0.280. The van der Waals surface area contributed by atoms with E-state index in [-0.39, 0.29) is 29.2 Å². The highest BCUT2D eigenvalue weighted by molar-refractivity contribution is 7.95. The van der Waals surface area contributed by atoms with Crippen molar-refractivity contribution in [1.82, 2.24) is 10.8 Å². The van der Waals surface area contributed by atoms with Crippen molar-refractivity contribution in [2.45, 2.75) is 68.7 Å². The molecular formula is C14H26N2O6S2. The van der Waals surface area contributed by atoms with Gasteiger partial charge in [-0.3, -0.25) is 4.79 Å². The second-order valence-electron chi connectivity index (χ2n) is 6.23. The van der Waals surface area contributed by atoms with E-state index >= 15 is 0 Å². The maximum Gasteiger partial charge on any atom is 0.223 e. The number of nitrogens with one attached hydrogen (secondary N) is 2. The van der Waals surface area contributed by atoms with Gasteiger partial charge in [-0.15, -0.1) is 13.7 Å². The SMILES string of the molecule is CSOONC1CCCC(C(=O)NC2CCCC(SOOO)C2)C1. The zero-order valence-corrected chi connectivity index (χ0v) is 15.4. The van der Waals surface area contributed by atoms with Crippen molar-refractivity contribution in [2.75, 3.05) is 6.26 Å². The molecule has 2 fully saturated rings. The lowest BCUT2D eigenvalue weighted by atomic mass is 9.85. The molecule has 10 heteroatoms. The molecule has 24 heavy (non-hydrogen) atoms. The Morgan fingerprint density at radius 2 is 1.88 bits per heavy atom. The van der Waals surface area contributed by atoms with Crippen LogP contribution in [0.2, 0.25) is 0 Å². The summed E-state index contributed by atoms with van der Waals surface area (Å²) >= 11 is 2.24. The monoisotopic (exact) mass is 382 g/mol. The third-order valence-corrected chi connectivity index (χ3v) is 5.58. The minimum Gasteiger partial charge on any atom is -0.353 e. The molecule has 0 aromatic carbocycles. The molecular weight excluding hydrogens is 356 g/mol. The molecule has 1 amide bonds. The van der Waals surface area contributed by atoms with E-state index in [0.717, 1.165) is 75.5 Å². The molecule has 0 spiro atoms. The minimum absolute atomic E-state index is 0.000755. The van der Waals surface area contributed by atoms with Crippen LogP contribution in [0, 0.1) is 5.92 Å². The van der Waals surface area contributed by atoms with Crippen molar-refractivity contribution in [3.05, 3.63) is 0 Å². The fourth-order valence-electron chi connectivity index (χ4n) is 3.41. The first-order chi connectivity index (χ1) is 11.7. The lowest BCUT2D eigenvalue weighted by molar-refractivity contribution is -0.432. The Labute approximate surface area is 150 Å². The predicted molar refractivity (Wildman–Crippen MR) is 91.1 cm³/mol. The average molecular weight is 383 g/mol. The summed E-state index contributed by atoms with van der Waals surface area (Å²) in [6.45, 7) is 0. The summed E-state index contributed by atoms with van der Waals surface area (Å²) in [5, 5.41) is 15.3. The summed E-state index contributed by atoms with van der Waals surface area (Å²) in [6.07, 6.45) is 9.18. The van der Waals surface area contributed by atoms with Crippen molar-refractivity contribution in [2.24, 2.45) is 5.92 Å². The maximum atomic E-state index is 12.5. The quantitative estimate of drug-likeness (QED) is 0.241. The van der Waals surface area contributed by atoms with E-state index < -0.39 is 0 Å². The first kappa shape index (κ1) is 20.2. The molecule has 0 radical (unpaired) electrons. The lowest BCUT2D eigenvalue weighted by Gasteiger charge is -2.32. The Hall–Kier alpha value is -0.0700. The number of hydrogen-bond acceptors (Lipinski definition) is 9. The fourth-order valence-corrected chi connectivity index (χ4v) is 4.24. The second kappa shape index (κ2) is 11.5. The van der Waals surface area contributed by atoms with Gasteiger partial charge in [0.15, 0.2) is 0 Å². The van der Waals surface area contributed by atoms with E-state index in [1.54, 1.807) is 6.26 Å². The summed E-state index contributed by atoms with van der Waals surface area (Å²) in [7, 11) is 0. The smallest absolute Gasteiger partial charge is 0.223 e. The summed E-state index contributed by atoms with van der Waals surface area (Å²) in [5.41, 5.74) is 2.86. The molecule has 2 rings (SSSR count). The Balaban J connectivity index is 1.72. The average Bonchev–Trinajstić information content (AvgIpc) is 2.61. The molecule has 8 nitrogen and oxygen atoms in total. The topological polar surface area (TPSA) is 98.3 Å². The normalized spacial score (nSPS) is 30.9. The van der Waals surface area contributed by atoms with Crippen LogP contribution in [0.3, 0.4) is 0 Å². The van der Waals surface area contributed by atoms with Gasteiger partial charge in [0.1, 0.15) is 0 Å². The standard InChI is InChI=1S/C14H26N2O6S2/c1-23-21-19-16-12-6-2-4-10(8-12)14(17)15-11-5-3-7-13(9-11)24-22-20-18/h10-13,16,18H,2-9H2,1H3,(H,15,17). The highest BCUT2D eigenvalue weighted by atomic mass is 32.2. The number of carbonyl (C=O) groups excluding carboxylic acids is 1. The Bertz CT molecular complexity index is 379. The second-order valence-corrected chi connectivity index (χ2v) is 7.69. The summed E-state index contributed by atoms with van der Waals surface area (Å²) in [4.78, 5) is 17.4. The van der Waals surface area contributed by atoms with E-state index in [1.165, 1.54) is 0 Å². The number of carbonyl (C=O) groups is 1. The number of rotatable bonds is 9. The van der Waals surface area contributed by atoms with Crippen molar-refractivity contribution in [3.8, 4) is 0 Å². The molecule has 0 saturated heterocycles. The van der Waals surface area contributed by atoms with Gasteiger partial charge in [0.2, 0.25) is 5.91 Å². The molecule has 2 saturated carbocycles. The van der Waals surface area contributed by atoms with Gasteiger partial charge < -0.3 is 5.32 Å². The van der Waals surface area contributed by atoms with Gasteiger partial charge in [0.05, 0.1) is 0 Å². The van der Waals surface area contributed by atoms with Gasteiger partial charge in [0.25, 0.3) is 0 Å². The van der Waals surface area contributed by atoms with Gasteiger partial charge >= 0.3 is 0 Å². The van der Waals surface area contributed by atoms with Gasteiger partial charge in [-0.05, 0) is 38.5 Å². The van der Waals surface area contributed by atoms with Crippen molar-refractivity contribution < 1.29 is 28.7 Å². The van der Waals surface area contributed by atoms with Gasteiger partial charge in [0, 0.05) is 53.6 Å². The van der Waals surface area contributed by atoms with Crippen LogP contribution in [0.5, 0.6) is 0 Å². The van der Waals surface area contributed by atoms with Crippen LogP contribution in [0.4, 0.5) is 0 Å². The zero-order valence-electron chi connectivity index (χ0n) is 13.8. The Kier molecular flexibility index (Phi) is 9.72. The third kappa shape index (κ3) is 7.04. The number of hydrogen-bond donors (Lipinski definition) is 3. The molecule has 140 valence electrons. The zero-order chi connectivity index (χ0) is 17.2. The molecule has 4 unspecified atom stereocenters. The molecule has 2 aliphatic rings. The molecule has 0 heterocycles. The minimum atomic E-state index is -0.000755. The van der Waals surface area contributed by atoms with Crippen LogP contribution in [0.1, 0.15) is 51.4 Å². The van der Waals surface area contributed by atoms with Crippen molar-refractivity contribution in [1.29, 1.82) is 0 Å². The van der Waals surface area contributed by atoms with Crippen LogP contribution in [-0.4, -0.2) is 34.8 Å². The van der Waals surface area contributed by atoms with Gasteiger partial charge in [-0.1, -0.05) is 17.9 Å². The lowest BCUT2D eigenvalue weighted by Crippen LogP contribution is -2.45. The molecule has 3 N–H and O–H groups in total. The maximum absolute atomic E-state index is 12.5. The van der Waals surface area contributed by atoms with Crippen LogP contribution < -0.4 is 10.8 Å². The highest BCUT2D eigenvalue weighted by Crippen LogP contribution is 2.30. The molecule has 4 atom stereocenters. The fraction of sp³-hybridized carbons (Fsp3) is 0.929. The molecule has 0 aliphatic heterocycles. The molecule has 2 aliphatic carbocycles. The van der Waals surface area contributed by atoms with Crippen LogP contribution in [0.15, 0.2) is 0 Å². The predicted octanol–water partition coefficient (Wildman–Crippen LogP) is 2.77. The Morgan fingerprint density at radius 3 is 2.67 bits per heavy atom. The summed E-state index contributed by atoms with van der Waals surface area (Å²) in [5.74, 6) is 0.112. The highest BCUT2D eigenvalue weighted by Gasteiger charge is 2.30. The Morgan fingerprint density at radius 1 is 1.08 bits per heavy atom. The molecule has 0 aromatic rings. The number of amides is 1. The molecule has 0 aromatic heterocycles. The number of hydroxylamine groups is 1. The summed E-state index contributed by atoms with van der Waals surface area (Å²) < 4.78 is 9.29. The first-order valence-corrected chi connectivity index (χ1v) is 10.2. The van der Waals surface area contributed by atoms with E-state index in [9.17, 15) is 4.79 Å². The van der Waals surface area contributed by atoms with Gasteiger partial charge in [-0.25, -0.2) is 5.26 Å². The van der Waals surface area contributed by atoms with E-state index in [1.807, 2.05) is 0 Å². The van der Waals surface area contributed by atoms with Crippen LogP contribution in [-0.2, 0) is 23.5 Å². The molecule has 0 bridgehead atoms. The van der Waals surface area contributed by atoms with Crippen LogP contribution in [0.25, 0.3) is 0 Å². The third-order valence-electron chi connectivity index (χ3n) is 4.54. The van der Waals surface area contributed by atoms with Gasteiger partial charge in [-0.2, -0.15) is 5.48 Å². The largest absolute Gasteiger partial charge is 0.353 e. The van der Waals surface area contributed by atoms with Crippen molar-refractivity contribution in [3.63, 3.8) is 0 Å². The van der Waals surface area contributed by atoms with E-state index in [2.05, 4.69) is 20.2 Å². The van der Waals surface area contributed by atoms with E-state index in [0.29, 0.717) is 0 Å². The van der Waals surface area contributed by atoms with Crippen LogP contribution >= 0.6 is 24.1 Å². The first-order valence-electron chi connectivity index (χ1n) is 8.28.